The number of hydrogen-bond donors (Lipinski definition) is 1. The summed E-state index contributed by atoms with van der Waals surface area (Å²) < 4.78 is 0. The number of halogens is 1. The third-order valence-electron chi connectivity index (χ3n) is 3.38. The summed E-state index contributed by atoms with van der Waals surface area (Å²) in [5.74, 6) is 0.956. The van der Waals surface area contributed by atoms with Crippen LogP contribution in [-0.2, 0) is 4.79 Å². The molecule has 4 heteroatoms. The molecule has 1 aromatic carbocycles. The minimum Gasteiger partial charge on any atom is -0.325 e. The molecule has 1 aliphatic carbocycles. The van der Waals surface area contributed by atoms with Crippen LogP contribution >= 0.6 is 23.4 Å². The first-order chi connectivity index (χ1) is 9.25. The van der Waals surface area contributed by atoms with E-state index in [9.17, 15) is 4.79 Å². The fourth-order valence-corrected chi connectivity index (χ4v) is 3.81. The molecule has 104 valence electrons. The Morgan fingerprint density at radius 3 is 2.74 bits per heavy atom. The van der Waals surface area contributed by atoms with Gasteiger partial charge < -0.3 is 5.32 Å². The Kier molecular flexibility index (Phi) is 6.05. The zero-order chi connectivity index (χ0) is 13.5. The van der Waals surface area contributed by atoms with E-state index in [4.69, 9.17) is 11.6 Å². The smallest absolute Gasteiger partial charge is 0.225 e. The molecule has 2 rings (SSSR count). The largest absolute Gasteiger partial charge is 0.325 e. The summed E-state index contributed by atoms with van der Waals surface area (Å²) in [6.07, 6.45) is 7.27. The summed E-state index contributed by atoms with van der Waals surface area (Å²) in [7, 11) is 0. The number of carbonyl (C=O) groups excluding carboxylic acids is 1. The number of amides is 1. The van der Waals surface area contributed by atoms with E-state index >= 15 is 0 Å². The predicted molar refractivity (Wildman–Crippen MR) is 84.0 cm³/mol. The Hall–Kier alpha value is -0.670. The second-order valence-corrected chi connectivity index (χ2v) is 6.72. The molecule has 1 amide bonds. The molecule has 0 aliphatic heterocycles. The summed E-state index contributed by atoms with van der Waals surface area (Å²) in [6.45, 7) is 0. The number of carbonyl (C=O) groups is 1. The van der Waals surface area contributed by atoms with Crippen molar-refractivity contribution in [2.75, 3.05) is 11.1 Å². The van der Waals surface area contributed by atoms with Crippen LogP contribution in [0, 0.1) is 0 Å². The number of anilines is 1. The van der Waals surface area contributed by atoms with Crippen LogP contribution in [0.1, 0.15) is 38.5 Å². The average Bonchev–Trinajstić information content (AvgIpc) is 2.43. The molecule has 1 aromatic rings. The second kappa shape index (κ2) is 7.81. The van der Waals surface area contributed by atoms with Gasteiger partial charge in [0.2, 0.25) is 5.91 Å². The summed E-state index contributed by atoms with van der Waals surface area (Å²) in [6, 6.07) is 7.34. The zero-order valence-corrected chi connectivity index (χ0v) is 12.6. The summed E-state index contributed by atoms with van der Waals surface area (Å²) in [4.78, 5) is 11.8. The SMILES string of the molecule is O=C(CCSC1CCCCC1)Nc1ccccc1Cl. The molecule has 0 radical (unpaired) electrons. The van der Waals surface area contributed by atoms with Gasteiger partial charge in [0.25, 0.3) is 0 Å². The Bertz CT molecular complexity index is 418. The van der Waals surface area contributed by atoms with Crippen LogP contribution in [0.25, 0.3) is 0 Å². The molecule has 1 fully saturated rings. The van der Waals surface area contributed by atoms with Gasteiger partial charge in [0.1, 0.15) is 0 Å². The normalized spacial score (nSPS) is 16.3. The van der Waals surface area contributed by atoms with Gasteiger partial charge in [-0.05, 0) is 25.0 Å². The van der Waals surface area contributed by atoms with Gasteiger partial charge in [-0.2, -0.15) is 11.8 Å². The lowest BCUT2D eigenvalue weighted by Gasteiger charge is -2.20. The monoisotopic (exact) mass is 297 g/mol. The van der Waals surface area contributed by atoms with Gasteiger partial charge in [-0.3, -0.25) is 4.79 Å². The van der Waals surface area contributed by atoms with E-state index in [1.807, 2.05) is 30.0 Å². The maximum absolute atomic E-state index is 11.8. The van der Waals surface area contributed by atoms with Crippen molar-refractivity contribution < 1.29 is 4.79 Å². The van der Waals surface area contributed by atoms with Gasteiger partial charge >= 0.3 is 0 Å². The molecule has 0 aromatic heterocycles. The maximum Gasteiger partial charge on any atom is 0.225 e. The zero-order valence-electron chi connectivity index (χ0n) is 11.0. The molecule has 2 nitrogen and oxygen atoms in total. The summed E-state index contributed by atoms with van der Waals surface area (Å²) in [5, 5.41) is 4.22. The Morgan fingerprint density at radius 1 is 1.26 bits per heavy atom. The topological polar surface area (TPSA) is 29.1 Å². The van der Waals surface area contributed by atoms with E-state index in [0.29, 0.717) is 17.1 Å². The van der Waals surface area contributed by atoms with E-state index in [2.05, 4.69) is 5.32 Å². The molecular formula is C15H20ClNOS. The second-order valence-electron chi connectivity index (χ2n) is 4.91. The minimum absolute atomic E-state index is 0.0522. The number of para-hydroxylation sites is 1. The van der Waals surface area contributed by atoms with Crippen LogP contribution in [0.2, 0.25) is 5.02 Å². The molecule has 0 heterocycles. The molecule has 0 bridgehead atoms. The van der Waals surface area contributed by atoms with Crippen LogP contribution in [0.5, 0.6) is 0 Å². The molecule has 1 aliphatic rings. The molecule has 19 heavy (non-hydrogen) atoms. The van der Waals surface area contributed by atoms with Crippen molar-refractivity contribution in [3.05, 3.63) is 29.3 Å². The maximum atomic E-state index is 11.8. The molecule has 0 atom stereocenters. The Labute approximate surface area is 124 Å². The molecule has 1 saturated carbocycles. The minimum atomic E-state index is 0.0522. The third kappa shape index (κ3) is 5.07. The molecule has 0 unspecified atom stereocenters. The molecule has 0 spiro atoms. The highest BCUT2D eigenvalue weighted by molar-refractivity contribution is 7.99. The number of nitrogens with one attached hydrogen (secondary N) is 1. The number of hydrogen-bond acceptors (Lipinski definition) is 2. The quantitative estimate of drug-likeness (QED) is 0.851. The lowest BCUT2D eigenvalue weighted by atomic mass is 10.0. The number of rotatable bonds is 5. The van der Waals surface area contributed by atoms with Crippen LogP contribution in [-0.4, -0.2) is 16.9 Å². The van der Waals surface area contributed by atoms with Crippen molar-refractivity contribution in [2.24, 2.45) is 0 Å². The van der Waals surface area contributed by atoms with Crippen molar-refractivity contribution in [1.82, 2.24) is 0 Å². The summed E-state index contributed by atoms with van der Waals surface area (Å²) in [5.41, 5.74) is 0.705. The van der Waals surface area contributed by atoms with Gasteiger partial charge in [0, 0.05) is 17.4 Å². The van der Waals surface area contributed by atoms with Crippen molar-refractivity contribution in [1.29, 1.82) is 0 Å². The number of thioether (sulfide) groups is 1. The first-order valence-electron chi connectivity index (χ1n) is 6.91. The first kappa shape index (κ1) is 14.7. The average molecular weight is 298 g/mol. The van der Waals surface area contributed by atoms with Crippen molar-refractivity contribution in [3.63, 3.8) is 0 Å². The van der Waals surface area contributed by atoms with Crippen molar-refractivity contribution in [3.8, 4) is 0 Å². The van der Waals surface area contributed by atoms with Crippen LogP contribution in [0.4, 0.5) is 5.69 Å². The van der Waals surface area contributed by atoms with Crippen molar-refractivity contribution >= 4 is 35.0 Å². The van der Waals surface area contributed by atoms with Gasteiger partial charge in [-0.1, -0.05) is 43.0 Å². The fraction of sp³-hybridized carbons (Fsp3) is 0.533. The summed E-state index contributed by atoms with van der Waals surface area (Å²) >= 11 is 7.95. The first-order valence-corrected chi connectivity index (χ1v) is 8.34. The van der Waals surface area contributed by atoms with Crippen molar-refractivity contribution in [2.45, 2.75) is 43.8 Å². The number of benzene rings is 1. The van der Waals surface area contributed by atoms with Gasteiger partial charge in [-0.25, -0.2) is 0 Å². The van der Waals surface area contributed by atoms with E-state index in [1.165, 1.54) is 32.1 Å². The molecular weight excluding hydrogens is 278 g/mol. The lowest BCUT2D eigenvalue weighted by molar-refractivity contribution is -0.115. The highest BCUT2D eigenvalue weighted by Gasteiger charge is 2.14. The Morgan fingerprint density at radius 2 is 2.00 bits per heavy atom. The highest BCUT2D eigenvalue weighted by Crippen LogP contribution is 2.28. The predicted octanol–water partition coefficient (Wildman–Crippen LogP) is 4.73. The van der Waals surface area contributed by atoms with Crippen LogP contribution in [0.15, 0.2) is 24.3 Å². The van der Waals surface area contributed by atoms with Gasteiger partial charge in [0.15, 0.2) is 0 Å². The standard InChI is InChI=1S/C15H20ClNOS/c16-13-8-4-5-9-14(13)17-15(18)10-11-19-12-6-2-1-3-7-12/h4-5,8-9,12H,1-3,6-7,10-11H2,(H,17,18). The van der Waals surface area contributed by atoms with Crippen LogP contribution in [0.3, 0.4) is 0 Å². The highest BCUT2D eigenvalue weighted by atomic mass is 35.5. The lowest BCUT2D eigenvalue weighted by Crippen LogP contribution is -2.14. The molecule has 1 N–H and O–H groups in total. The van der Waals surface area contributed by atoms with Gasteiger partial charge in [0.05, 0.1) is 10.7 Å². The Balaban J connectivity index is 1.68. The van der Waals surface area contributed by atoms with E-state index in [1.54, 1.807) is 6.07 Å². The third-order valence-corrected chi connectivity index (χ3v) is 5.10. The van der Waals surface area contributed by atoms with Gasteiger partial charge in [-0.15, -0.1) is 0 Å². The van der Waals surface area contributed by atoms with E-state index < -0.39 is 0 Å². The van der Waals surface area contributed by atoms with E-state index in [-0.39, 0.29) is 5.91 Å². The van der Waals surface area contributed by atoms with E-state index in [0.717, 1.165) is 11.0 Å². The van der Waals surface area contributed by atoms with Crippen LogP contribution < -0.4 is 5.32 Å². The molecule has 0 saturated heterocycles. The fourth-order valence-electron chi connectivity index (χ4n) is 2.33.